The van der Waals surface area contributed by atoms with Crippen LogP contribution in [0.4, 0.5) is 5.69 Å². The van der Waals surface area contributed by atoms with Crippen LogP contribution in [0.25, 0.3) is 0 Å². The Balaban J connectivity index is 0.00000154. The van der Waals surface area contributed by atoms with Crippen LogP contribution >= 0.6 is 0 Å². The fraction of sp³-hybridized carbons (Fsp3) is 0.357. The Labute approximate surface area is 114 Å². The van der Waals surface area contributed by atoms with Gasteiger partial charge in [-0.05, 0) is 26.0 Å². The maximum atomic E-state index is 11.5. The van der Waals surface area contributed by atoms with Gasteiger partial charge in [0.2, 0.25) is 0 Å². The fourth-order valence-electron chi connectivity index (χ4n) is 1.22. The maximum absolute atomic E-state index is 11.5. The van der Waals surface area contributed by atoms with Crippen molar-refractivity contribution in [2.45, 2.75) is 27.7 Å². The number of nitrogens with two attached hydrogens (primary N) is 1. The lowest BCUT2D eigenvalue weighted by Gasteiger charge is -2.05. The molecule has 0 amide bonds. The minimum Gasteiger partial charge on any atom is -0.462 e. The van der Waals surface area contributed by atoms with Gasteiger partial charge in [-0.1, -0.05) is 13.8 Å². The predicted octanol–water partition coefficient (Wildman–Crippen LogP) is 2.61. The molecule has 0 unspecified atom stereocenters. The number of aromatic nitrogens is 1. The maximum Gasteiger partial charge on any atom is 0.341 e. The zero-order valence-electron chi connectivity index (χ0n) is 11.9. The standard InChI is InChI=1S/C12H15N3O2.C2H6/c1-3-17-12(16)11(7-13)9(2)15-10-5-4-6-14-8-10;1-2/h4-8H,3,13H2,1-2H3;1-2H3/b11-7+,15-9?;. The van der Waals surface area contributed by atoms with Crippen molar-refractivity contribution in [3.63, 3.8) is 0 Å². The Kier molecular flexibility index (Phi) is 8.70. The van der Waals surface area contributed by atoms with Gasteiger partial charge in [0.05, 0.1) is 29.8 Å². The van der Waals surface area contributed by atoms with Gasteiger partial charge in [-0.3, -0.25) is 9.98 Å². The summed E-state index contributed by atoms with van der Waals surface area (Å²) in [5.41, 5.74) is 6.82. The van der Waals surface area contributed by atoms with Crippen molar-refractivity contribution in [2.75, 3.05) is 6.61 Å². The third-order valence-corrected chi connectivity index (χ3v) is 1.99. The summed E-state index contributed by atoms with van der Waals surface area (Å²) in [5.74, 6) is -0.472. The zero-order valence-corrected chi connectivity index (χ0v) is 11.9. The molecule has 1 aromatic rings. The highest BCUT2D eigenvalue weighted by molar-refractivity contribution is 6.19. The second-order valence-electron chi connectivity index (χ2n) is 3.21. The van der Waals surface area contributed by atoms with Crippen molar-refractivity contribution < 1.29 is 9.53 Å². The average molecular weight is 263 g/mol. The van der Waals surface area contributed by atoms with Crippen LogP contribution in [0.1, 0.15) is 27.7 Å². The molecule has 0 bridgehead atoms. The van der Waals surface area contributed by atoms with Gasteiger partial charge in [0.1, 0.15) is 0 Å². The van der Waals surface area contributed by atoms with Crippen LogP contribution in [0.3, 0.4) is 0 Å². The van der Waals surface area contributed by atoms with E-state index in [1.54, 1.807) is 38.4 Å². The van der Waals surface area contributed by atoms with E-state index in [2.05, 4.69) is 9.98 Å². The summed E-state index contributed by atoms with van der Waals surface area (Å²) in [6.07, 6.45) is 4.45. The number of ether oxygens (including phenoxy) is 1. The first-order valence-electron chi connectivity index (χ1n) is 6.23. The van der Waals surface area contributed by atoms with Gasteiger partial charge in [-0.25, -0.2) is 4.79 Å². The number of nitrogens with zero attached hydrogens (tertiary/aromatic N) is 2. The van der Waals surface area contributed by atoms with Crippen LogP contribution in [0.5, 0.6) is 0 Å². The Bertz CT molecular complexity index is 439. The number of pyridine rings is 1. The minimum absolute atomic E-state index is 0.260. The first-order valence-corrected chi connectivity index (χ1v) is 6.23. The van der Waals surface area contributed by atoms with E-state index in [0.29, 0.717) is 18.0 Å². The summed E-state index contributed by atoms with van der Waals surface area (Å²) in [6, 6.07) is 3.55. The van der Waals surface area contributed by atoms with E-state index in [-0.39, 0.29) is 5.57 Å². The van der Waals surface area contributed by atoms with Crippen LogP contribution in [0.15, 0.2) is 41.3 Å². The third kappa shape index (κ3) is 5.81. The number of hydrogen-bond acceptors (Lipinski definition) is 5. The molecule has 0 saturated carbocycles. The van der Waals surface area contributed by atoms with E-state index >= 15 is 0 Å². The molecule has 1 aromatic heterocycles. The molecule has 0 fully saturated rings. The Hall–Kier alpha value is -2.17. The number of esters is 1. The molecule has 1 rings (SSSR count). The van der Waals surface area contributed by atoms with Gasteiger partial charge in [-0.2, -0.15) is 0 Å². The second kappa shape index (κ2) is 9.82. The Morgan fingerprint density at radius 2 is 2.21 bits per heavy atom. The molecule has 0 aliphatic carbocycles. The van der Waals surface area contributed by atoms with E-state index in [1.165, 1.54) is 6.20 Å². The lowest BCUT2D eigenvalue weighted by atomic mass is 10.2. The summed E-state index contributed by atoms with van der Waals surface area (Å²) < 4.78 is 4.87. The molecular formula is C14H21N3O2. The smallest absolute Gasteiger partial charge is 0.341 e. The summed E-state index contributed by atoms with van der Waals surface area (Å²) in [6.45, 7) is 7.73. The molecule has 0 aliphatic rings. The van der Waals surface area contributed by atoms with Gasteiger partial charge in [0.15, 0.2) is 0 Å². The molecule has 0 aliphatic heterocycles. The Morgan fingerprint density at radius 1 is 1.53 bits per heavy atom. The summed E-state index contributed by atoms with van der Waals surface area (Å²) in [4.78, 5) is 19.7. The van der Waals surface area contributed by atoms with E-state index in [4.69, 9.17) is 10.5 Å². The van der Waals surface area contributed by atoms with Crippen LogP contribution in [-0.4, -0.2) is 23.3 Å². The molecule has 1 heterocycles. The highest BCUT2D eigenvalue weighted by Crippen LogP contribution is 2.11. The first-order chi connectivity index (χ1) is 9.19. The summed E-state index contributed by atoms with van der Waals surface area (Å²) in [7, 11) is 0. The van der Waals surface area contributed by atoms with E-state index < -0.39 is 5.97 Å². The molecule has 0 aromatic carbocycles. The number of carbonyl (C=O) groups excluding carboxylic acids is 1. The molecule has 104 valence electrons. The van der Waals surface area contributed by atoms with Crippen molar-refractivity contribution >= 4 is 17.4 Å². The van der Waals surface area contributed by atoms with Crippen LogP contribution in [-0.2, 0) is 9.53 Å². The van der Waals surface area contributed by atoms with Gasteiger partial charge >= 0.3 is 5.97 Å². The van der Waals surface area contributed by atoms with Crippen molar-refractivity contribution in [3.8, 4) is 0 Å². The van der Waals surface area contributed by atoms with Crippen LogP contribution in [0, 0.1) is 0 Å². The third-order valence-electron chi connectivity index (χ3n) is 1.99. The SMILES string of the molecule is CC.CCOC(=O)/C(=C/N)C(C)=Nc1cccnc1. The molecule has 2 N–H and O–H groups in total. The van der Waals surface area contributed by atoms with E-state index in [9.17, 15) is 4.79 Å². The lowest BCUT2D eigenvalue weighted by molar-refractivity contribution is -0.137. The number of rotatable bonds is 4. The number of hydrogen-bond donors (Lipinski definition) is 1. The van der Waals surface area contributed by atoms with Gasteiger partial charge < -0.3 is 10.5 Å². The second-order valence-corrected chi connectivity index (χ2v) is 3.21. The number of carbonyl (C=O) groups is 1. The van der Waals surface area contributed by atoms with Gasteiger partial charge in [0, 0.05) is 12.4 Å². The average Bonchev–Trinajstić information content (AvgIpc) is 2.43. The molecule has 5 heteroatoms. The Morgan fingerprint density at radius 3 is 2.68 bits per heavy atom. The minimum atomic E-state index is -0.472. The molecule has 0 radical (unpaired) electrons. The van der Waals surface area contributed by atoms with Crippen molar-refractivity contribution in [1.82, 2.24) is 4.98 Å². The lowest BCUT2D eigenvalue weighted by Crippen LogP contribution is -2.15. The molecule has 0 saturated heterocycles. The summed E-state index contributed by atoms with van der Waals surface area (Å²) >= 11 is 0. The van der Waals surface area contributed by atoms with Crippen molar-refractivity contribution in [1.29, 1.82) is 0 Å². The van der Waals surface area contributed by atoms with Crippen LogP contribution < -0.4 is 5.73 Å². The number of aliphatic imine (C=N–C) groups is 1. The monoisotopic (exact) mass is 263 g/mol. The van der Waals surface area contributed by atoms with Gasteiger partial charge in [-0.15, -0.1) is 0 Å². The molecule has 19 heavy (non-hydrogen) atoms. The molecule has 0 spiro atoms. The largest absolute Gasteiger partial charge is 0.462 e. The highest BCUT2D eigenvalue weighted by atomic mass is 16.5. The van der Waals surface area contributed by atoms with Crippen LogP contribution in [0.2, 0.25) is 0 Å². The zero-order chi connectivity index (χ0) is 14.7. The first kappa shape index (κ1) is 16.8. The normalized spacial score (nSPS) is 11.4. The van der Waals surface area contributed by atoms with Crippen molar-refractivity contribution in [2.24, 2.45) is 10.7 Å². The van der Waals surface area contributed by atoms with Gasteiger partial charge in [0.25, 0.3) is 0 Å². The topological polar surface area (TPSA) is 77.6 Å². The van der Waals surface area contributed by atoms with E-state index in [1.807, 2.05) is 13.8 Å². The summed E-state index contributed by atoms with van der Waals surface area (Å²) in [5, 5.41) is 0. The fourth-order valence-corrected chi connectivity index (χ4v) is 1.22. The quantitative estimate of drug-likeness (QED) is 0.514. The van der Waals surface area contributed by atoms with Crippen molar-refractivity contribution in [3.05, 3.63) is 36.3 Å². The molecule has 0 atom stereocenters. The predicted molar refractivity (Wildman–Crippen MR) is 77.3 cm³/mol. The molecule has 5 nitrogen and oxygen atoms in total. The van der Waals surface area contributed by atoms with E-state index in [0.717, 1.165) is 0 Å². The molecular weight excluding hydrogens is 242 g/mol. The highest BCUT2D eigenvalue weighted by Gasteiger charge is 2.13.